The van der Waals surface area contributed by atoms with Gasteiger partial charge in [-0.1, -0.05) is 70.1 Å². The zero-order valence-corrected chi connectivity index (χ0v) is 21.1. The van der Waals surface area contributed by atoms with E-state index in [0.29, 0.717) is 49.8 Å². The molecule has 170 valence electrons. The van der Waals surface area contributed by atoms with Crippen molar-refractivity contribution in [1.29, 1.82) is 0 Å². The molecule has 0 radical (unpaired) electrons. The summed E-state index contributed by atoms with van der Waals surface area (Å²) in [4.78, 5) is 0. The fraction of sp³-hybridized carbons (Fsp3) is 0.250. The number of halogens is 5. The maximum Gasteiger partial charge on any atom is 0.180 e. The summed E-state index contributed by atoms with van der Waals surface area (Å²) in [6, 6.07) is 14.7. The van der Waals surface area contributed by atoms with Crippen LogP contribution in [0.15, 0.2) is 48.5 Å². The number of benzene rings is 3. The molecule has 0 atom stereocenters. The zero-order valence-electron chi connectivity index (χ0n) is 17.4. The van der Waals surface area contributed by atoms with Crippen molar-refractivity contribution in [3.8, 4) is 11.5 Å². The zero-order chi connectivity index (χ0) is 23.1. The summed E-state index contributed by atoms with van der Waals surface area (Å²) in [5.74, 6) is 1.09. The van der Waals surface area contributed by atoms with Crippen molar-refractivity contribution >= 4 is 58.0 Å². The Balaban J connectivity index is 1.63. The third kappa shape index (κ3) is 7.08. The smallest absolute Gasteiger partial charge is 0.180 e. The van der Waals surface area contributed by atoms with Crippen LogP contribution in [0.2, 0.25) is 25.1 Å². The molecule has 0 aromatic heterocycles. The first-order valence-electron chi connectivity index (χ1n) is 10.0. The van der Waals surface area contributed by atoms with Crippen LogP contribution in [0.25, 0.3) is 0 Å². The van der Waals surface area contributed by atoms with Crippen LogP contribution < -0.4 is 14.8 Å². The van der Waals surface area contributed by atoms with Crippen LogP contribution >= 0.6 is 58.0 Å². The van der Waals surface area contributed by atoms with Crippen molar-refractivity contribution < 1.29 is 9.47 Å². The summed E-state index contributed by atoms with van der Waals surface area (Å²) in [5, 5.41) is 6.16. The lowest BCUT2D eigenvalue weighted by atomic mass is 10.1. The largest absolute Gasteiger partial charge is 0.490 e. The third-order valence-corrected chi connectivity index (χ3v) is 6.26. The molecule has 8 heteroatoms. The fourth-order valence-electron chi connectivity index (χ4n) is 3.09. The van der Waals surface area contributed by atoms with E-state index in [0.717, 1.165) is 29.7 Å². The second kappa shape index (κ2) is 12.2. The van der Waals surface area contributed by atoms with Gasteiger partial charge in [-0.05, 0) is 73.0 Å². The lowest BCUT2D eigenvalue weighted by Gasteiger charge is -2.16. The quantitative estimate of drug-likeness (QED) is 0.266. The molecule has 0 fully saturated rings. The molecule has 0 amide bonds. The van der Waals surface area contributed by atoms with Crippen molar-refractivity contribution in [2.45, 2.75) is 26.5 Å². The van der Waals surface area contributed by atoms with Gasteiger partial charge in [-0.15, -0.1) is 0 Å². The molecule has 3 nitrogen and oxygen atoms in total. The van der Waals surface area contributed by atoms with E-state index >= 15 is 0 Å². The topological polar surface area (TPSA) is 30.5 Å². The van der Waals surface area contributed by atoms with Crippen LogP contribution in [-0.2, 0) is 19.6 Å². The highest BCUT2D eigenvalue weighted by atomic mass is 35.5. The first-order chi connectivity index (χ1) is 15.4. The molecule has 0 heterocycles. The van der Waals surface area contributed by atoms with Crippen LogP contribution in [0.5, 0.6) is 11.5 Å². The van der Waals surface area contributed by atoms with Gasteiger partial charge in [-0.2, -0.15) is 0 Å². The van der Waals surface area contributed by atoms with Gasteiger partial charge in [-0.3, -0.25) is 0 Å². The molecular formula is C24H22Cl5NO2. The van der Waals surface area contributed by atoms with E-state index in [-0.39, 0.29) is 6.61 Å². The maximum atomic E-state index is 6.53. The maximum absolute atomic E-state index is 6.53. The molecule has 0 aliphatic rings. The van der Waals surface area contributed by atoms with Crippen molar-refractivity contribution in [2.75, 3.05) is 13.2 Å². The first kappa shape index (κ1) is 25.3. The Morgan fingerprint density at radius 1 is 0.750 bits per heavy atom. The molecule has 0 aliphatic carbocycles. The second-order valence-electron chi connectivity index (χ2n) is 7.04. The van der Waals surface area contributed by atoms with Crippen molar-refractivity contribution in [2.24, 2.45) is 0 Å². The Bertz CT molecular complexity index is 1070. The summed E-state index contributed by atoms with van der Waals surface area (Å²) in [6.07, 6.45) is 0.785. The Hall–Kier alpha value is -1.33. The highest BCUT2D eigenvalue weighted by Crippen LogP contribution is 2.37. The average molecular weight is 534 g/mol. The van der Waals surface area contributed by atoms with Crippen molar-refractivity contribution in [3.63, 3.8) is 0 Å². The molecule has 1 N–H and O–H groups in total. The number of hydrogen-bond acceptors (Lipinski definition) is 3. The van der Waals surface area contributed by atoms with Crippen molar-refractivity contribution in [1.82, 2.24) is 5.32 Å². The van der Waals surface area contributed by atoms with E-state index in [2.05, 4.69) is 5.32 Å². The molecular weight excluding hydrogens is 512 g/mol. The average Bonchev–Trinajstić information content (AvgIpc) is 2.74. The van der Waals surface area contributed by atoms with E-state index in [9.17, 15) is 0 Å². The number of ether oxygens (including phenoxy) is 2. The first-order valence-corrected chi connectivity index (χ1v) is 11.9. The normalized spacial score (nSPS) is 10.9. The minimum absolute atomic E-state index is 0.288. The number of nitrogens with one attached hydrogen (secondary N) is 1. The molecule has 3 aromatic carbocycles. The van der Waals surface area contributed by atoms with Gasteiger partial charge in [0.05, 0.1) is 21.7 Å². The van der Waals surface area contributed by atoms with Crippen LogP contribution in [0.4, 0.5) is 0 Å². The van der Waals surface area contributed by atoms with Crippen LogP contribution in [0.3, 0.4) is 0 Å². The minimum atomic E-state index is 0.288. The SMILES string of the molecule is CCOc1cc(CNCCc2ccc(Cl)cc2Cl)cc(Cl)c1OCc1ccc(Cl)c(Cl)c1. The lowest BCUT2D eigenvalue weighted by molar-refractivity contribution is 0.269. The Kier molecular flexibility index (Phi) is 9.66. The predicted octanol–water partition coefficient (Wildman–Crippen LogP) is 8.26. The third-order valence-electron chi connectivity index (χ3n) is 4.65. The Morgan fingerprint density at radius 2 is 1.53 bits per heavy atom. The van der Waals surface area contributed by atoms with Gasteiger partial charge in [0.2, 0.25) is 0 Å². The van der Waals surface area contributed by atoms with Gasteiger partial charge in [0.25, 0.3) is 0 Å². The molecule has 0 aliphatic heterocycles. The van der Waals surface area contributed by atoms with E-state index in [1.54, 1.807) is 18.2 Å². The molecule has 0 spiro atoms. The molecule has 0 saturated heterocycles. The predicted molar refractivity (Wildman–Crippen MR) is 135 cm³/mol. The highest BCUT2D eigenvalue weighted by molar-refractivity contribution is 6.42. The summed E-state index contributed by atoms with van der Waals surface area (Å²) < 4.78 is 11.7. The molecule has 3 rings (SSSR count). The van der Waals surface area contributed by atoms with Crippen LogP contribution in [0, 0.1) is 0 Å². The van der Waals surface area contributed by atoms with Gasteiger partial charge in [0, 0.05) is 16.6 Å². The minimum Gasteiger partial charge on any atom is -0.490 e. The van der Waals surface area contributed by atoms with Gasteiger partial charge < -0.3 is 14.8 Å². The van der Waals surface area contributed by atoms with Gasteiger partial charge in [0.15, 0.2) is 11.5 Å². The van der Waals surface area contributed by atoms with Crippen LogP contribution in [0.1, 0.15) is 23.6 Å². The van der Waals surface area contributed by atoms with Gasteiger partial charge in [0.1, 0.15) is 6.61 Å². The summed E-state index contributed by atoms with van der Waals surface area (Å²) in [5.41, 5.74) is 2.91. The van der Waals surface area contributed by atoms with Gasteiger partial charge >= 0.3 is 0 Å². The van der Waals surface area contributed by atoms with E-state index in [4.69, 9.17) is 67.5 Å². The Labute approximate surface area is 213 Å². The lowest BCUT2D eigenvalue weighted by Crippen LogP contribution is -2.17. The highest BCUT2D eigenvalue weighted by Gasteiger charge is 2.13. The monoisotopic (exact) mass is 531 g/mol. The van der Waals surface area contributed by atoms with E-state index in [1.165, 1.54) is 0 Å². The summed E-state index contributed by atoms with van der Waals surface area (Å²) in [6.45, 7) is 4.07. The Morgan fingerprint density at radius 3 is 2.25 bits per heavy atom. The molecule has 0 saturated carbocycles. The molecule has 32 heavy (non-hydrogen) atoms. The number of hydrogen-bond donors (Lipinski definition) is 1. The van der Waals surface area contributed by atoms with E-state index in [1.807, 2.05) is 37.3 Å². The molecule has 0 unspecified atom stereocenters. The molecule has 0 bridgehead atoms. The summed E-state index contributed by atoms with van der Waals surface area (Å²) in [7, 11) is 0. The van der Waals surface area contributed by atoms with E-state index < -0.39 is 0 Å². The molecule has 3 aromatic rings. The second-order valence-corrected chi connectivity index (χ2v) is 9.10. The van der Waals surface area contributed by atoms with Crippen molar-refractivity contribution in [3.05, 3.63) is 90.3 Å². The summed E-state index contributed by atoms with van der Waals surface area (Å²) >= 11 is 30.8. The van der Waals surface area contributed by atoms with Gasteiger partial charge in [-0.25, -0.2) is 0 Å². The van der Waals surface area contributed by atoms with Crippen LogP contribution in [-0.4, -0.2) is 13.2 Å². The number of rotatable bonds is 10. The fourth-order valence-corrected chi connectivity index (χ4v) is 4.20. The standard InChI is InChI=1S/C24H22Cl5NO2/c1-2-31-23-11-16(13-30-8-7-17-4-5-18(25)12-20(17)27)10-22(29)24(23)32-14-15-3-6-19(26)21(28)9-15/h3-6,9-12,30H,2,7-8,13-14H2,1H3.